The molecule has 1 saturated carbocycles. The molecule has 0 amide bonds. The molecule has 2 aromatic carbocycles. The number of Topliss-reactive ketones (excluding diaryl/α,β-unsaturated/α-hetero) is 1. The van der Waals surface area contributed by atoms with Crippen molar-refractivity contribution < 1.29 is 4.79 Å². The molecule has 2 heteroatoms. The molecule has 2 aromatic rings. The number of carbonyl (C=O) groups excluding carboxylic acids is 1. The Morgan fingerprint density at radius 2 is 1.65 bits per heavy atom. The molecule has 4 rings (SSSR count). The molecular formula is C24H29NO. The van der Waals surface area contributed by atoms with E-state index in [9.17, 15) is 4.79 Å². The molecule has 1 saturated heterocycles. The average Bonchev–Trinajstić information content (AvgIpc) is 3.19. The van der Waals surface area contributed by atoms with Gasteiger partial charge in [0.15, 0.2) is 0 Å². The first-order valence-electron chi connectivity index (χ1n) is 10.1. The van der Waals surface area contributed by atoms with Gasteiger partial charge >= 0.3 is 0 Å². The van der Waals surface area contributed by atoms with E-state index in [4.69, 9.17) is 0 Å². The minimum absolute atomic E-state index is 0.228. The van der Waals surface area contributed by atoms with E-state index < -0.39 is 0 Å². The van der Waals surface area contributed by atoms with Gasteiger partial charge in [0.1, 0.15) is 5.78 Å². The topological polar surface area (TPSA) is 20.3 Å². The van der Waals surface area contributed by atoms with Crippen LogP contribution in [0.5, 0.6) is 0 Å². The SMILES string of the molecule is CCCCC1C(=O)C2CN(Cc3ccccc3)CC2C1c1ccccc1. The molecule has 0 N–H and O–H groups in total. The van der Waals surface area contributed by atoms with Crippen LogP contribution in [0.25, 0.3) is 0 Å². The summed E-state index contributed by atoms with van der Waals surface area (Å²) in [4.78, 5) is 15.7. The van der Waals surface area contributed by atoms with Crippen molar-refractivity contribution in [1.82, 2.24) is 4.90 Å². The summed E-state index contributed by atoms with van der Waals surface area (Å²) in [5, 5.41) is 0. The highest BCUT2D eigenvalue weighted by molar-refractivity contribution is 5.88. The Balaban J connectivity index is 1.55. The predicted molar refractivity (Wildman–Crippen MR) is 106 cm³/mol. The van der Waals surface area contributed by atoms with Gasteiger partial charge in [0.2, 0.25) is 0 Å². The van der Waals surface area contributed by atoms with Crippen molar-refractivity contribution in [2.24, 2.45) is 17.8 Å². The van der Waals surface area contributed by atoms with Gasteiger partial charge in [-0.15, -0.1) is 0 Å². The molecule has 0 aromatic heterocycles. The van der Waals surface area contributed by atoms with Crippen molar-refractivity contribution in [2.45, 2.75) is 38.6 Å². The van der Waals surface area contributed by atoms with Gasteiger partial charge in [-0.25, -0.2) is 0 Å². The Bertz CT molecular complexity index is 726. The minimum Gasteiger partial charge on any atom is -0.299 e. The quantitative estimate of drug-likeness (QED) is 0.740. The van der Waals surface area contributed by atoms with Gasteiger partial charge in [-0.1, -0.05) is 80.4 Å². The van der Waals surface area contributed by atoms with Crippen molar-refractivity contribution in [1.29, 1.82) is 0 Å². The molecule has 136 valence electrons. The molecule has 0 bridgehead atoms. The molecule has 1 heterocycles. The fourth-order valence-electron chi connectivity index (χ4n) is 5.20. The third-order valence-corrected chi connectivity index (χ3v) is 6.37. The van der Waals surface area contributed by atoms with Crippen molar-refractivity contribution in [3.8, 4) is 0 Å². The van der Waals surface area contributed by atoms with Crippen molar-refractivity contribution in [3.05, 3.63) is 71.8 Å². The molecule has 4 atom stereocenters. The van der Waals surface area contributed by atoms with Gasteiger partial charge < -0.3 is 0 Å². The number of hydrogen-bond donors (Lipinski definition) is 0. The van der Waals surface area contributed by atoms with Crippen LogP contribution in [0.1, 0.15) is 43.2 Å². The number of fused-ring (bicyclic) bond motifs is 1. The van der Waals surface area contributed by atoms with Crippen molar-refractivity contribution in [2.75, 3.05) is 13.1 Å². The highest BCUT2D eigenvalue weighted by Crippen LogP contribution is 2.50. The zero-order valence-electron chi connectivity index (χ0n) is 15.7. The normalized spacial score (nSPS) is 28.4. The smallest absolute Gasteiger partial charge is 0.141 e. The molecule has 0 spiro atoms. The van der Waals surface area contributed by atoms with Gasteiger partial charge in [0.05, 0.1) is 0 Å². The van der Waals surface area contributed by atoms with E-state index in [0.717, 1.165) is 32.5 Å². The molecule has 1 aliphatic heterocycles. The molecule has 1 aliphatic carbocycles. The first-order chi connectivity index (χ1) is 12.8. The lowest BCUT2D eigenvalue weighted by Gasteiger charge is -2.26. The van der Waals surface area contributed by atoms with Gasteiger partial charge in [0, 0.05) is 31.5 Å². The van der Waals surface area contributed by atoms with Crippen LogP contribution in [0.4, 0.5) is 0 Å². The van der Waals surface area contributed by atoms with E-state index in [0.29, 0.717) is 17.6 Å². The first-order valence-corrected chi connectivity index (χ1v) is 10.1. The van der Waals surface area contributed by atoms with Crippen molar-refractivity contribution in [3.63, 3.8) is 0 Å². The number of unbranched alkanes of at least 4 members (excludes halogenated alkanes) is 1. The number of rotatable bonds is 6. The largest absolute Gasteiger partial charge is 0.299 e. The fraction of sp³-hybridized carbons (Fsp3) is 0.458. The monoisotopic (exact) mass is 347 g/mol. The molecule has 2 nitrogen and oxygen atoms in total. The van der Waals surface area contributed by atoms with E-state index in [1.807, 2.05) is 0 Å². The Kier molecular flexibility index (Phi) is 5.21. The lowest BCUT2D eigenvalue weighted by molar-refractivity contribution is -0.124. The second-order valence-corrected chi connectivity index (χ2v) is 8.04. The van der Waals surface area contributed by atoms with Gasteiger partial charge in [-0.3, -0.25) is 9.69 Å². The second kappa shape index (κ2) is 7.75. The third-order valence-electron chi connectivity index (χ3n) is 6.37. The number of hydrogen-bond acceptors (Lipinski definition) is 2. The Hall–Kier alpha value is -1.93. The summed E-state index contributed by atoms with van der Waals surface area (Å²) in [6, 6.07) is 21.4. The number of likely N-dealkylation sites (tertiary alicyclic amines) is 1. The van der Waals surface area contributed by atoms with E-state index >= 15 is 0 Å². The summed E-state index contributed by atoms with van der Waals surface area (Å²) >= 11 is 0. The summed E-state index contributed by atoms with van der Waals surface area (Å²) in [6.07, 6.45) is 3.38. The summed E-state index contributed by atoms with van der Waals surface area (Å²) in [5.74, 6) is 1.88. The van der Waals surface area contributed by atoms with Crippen LogP contribution in [0, 0.1) is 17.8 Å². The Morgan fingerprint density at radius 1 is 0.962 bits per heavy atom. The van der Waals surface area contributed by atoms with E-state index in [-0.39, 0.29) is 11.8 Å². The maximum atomic E-state index is 13.2. The van der Waals surface area contributed by atoms with Crippen LogP contribution >= 0.6 is 0 Å². The number of carbonyl (C=O) groups is 1. The summed E-state index contributed by atoms with van der Waals surface area (Å²) in [7, 11) is 0. The zero-order valence-corrected chi connectivity index (χ0v) is 15.7. The minimum atomic E-state index is 0.228. The molecule has 26 heavy (non-hydrogen) atoms. The molecule has 2 aliphatic rings. The highest BCUT2D eigenvalue weighted by atomic mass is 16.1. The molecular weight excluding hydrogens is 318 g/mol. The number of ketones is 1. The Morgan fingerprint density at radius 3 is 2.35 bits per heavy atom. The van der Waals surface area contributed by atoms with Crippen LogP contribution in [0.2, 0.25) is 0 Å². The zero-order chi connectivity index (χ0) is 17.9. The van der Waals surface area contributed by atoms with Gasteiger partial charge in [-0.2, -0.15) is 0 Å². The third kappa shape index (κ3) is 3.35. The highest BCUT2D eigenvalue weighted by Gasteiger charge is 2.53. The predicted octanol–water partition coefficient (Wildman–Crippen LogP) is 4.91. The van der Waals surface area contributed by atoms with Crippen LogP contribution in [0.15, 0.2) is 60.7 Å². The maximum absolute atomic E-state index is 13.2. The molecule has 2 fully saturated rings. The van der Waals surface area contributed by atoms with Gasteiger partial charge in [0.25, 0.3) is 0 Å². The average molecular weight is 348 g/mol. The van der Waals surface area contributed by atoms with E-state index in [1.165, 1.54) is 17.5 Å². The first kappa shape index (κ1) is 17.5. The molecule has 4 unspecified atom stereocenters. The summed E-state index contributed by atoms with van der Waals surface area (Å²) in [5.41, 5.74) is 2.72. The van der Waals surface area contributed by atoms with Crippen LogP contribution in [-0.2, 0) is 11.3 Å². The number of benzene rings is 2. The van der Waals surface area contributed by atoms with Crippen LogP contribution in [-0.4, -0.2) is 23.8 Å². The van der Waals surface area contributed by atoms with E-state index in [2.05, 4.69) is 72.5 Å². The Labute approximate surface area is 157 Å². The molecule has 0 radical (unpaired) electrons. The lowest BCUT2D eigenvalue weighted by atomic mass is 9.80. The standard InChI is InChI=1S/C24H29NO/c1-2-3-14-20-23(19-12-8-5-9-13-19)21-16-25(17-22(21)24(20)26)15-18-10-6-4-7-11-18/h4-13,20-23H,2-3,14-17H2,1H3. The summed E-state index contributed by atoms with van der Waals surface area (Å²) < 4.78 is 0. The number of nitrogens with zero attached hydrogens (tertiary/aromatic N) is 1. The van der Waals surface area contributed by atoms with Crippen molar-refractivity contribution >= 4 is 5.78 Å². The lowest BCUT2D eigenvalue weighted by Crippen LogP contribution is -2.27. The van der Waals surface area contributed by atoms with E-state index in [1.54, 1.807) is 0 Å². The van der Waals surface area contributed by atoms with Crippen LogP contribution in [0.3, 0.4) is 0 Å². The maximum Gasteiger partial charge on any atom is 0.141 e. The summed E-state index contributed by atoms with van der Waals surface area (Å²) in [6.45, 7) is 5.17. The second-order valence-electron chi connectivity index (χ2n) is 8.04. The van der Waals surface area contributed by atoms with Gasteiger partial charge in [-0.05, 0) is 29.4 Å². The van der Waals surface area contributed by atoms with Crippen LogP contribution < -0.4 is 0 Å². The fourth-order valence-corrected chi connectivity index (χ4v) is 5.20.